The van der Waals surface area contributed by atoms with Crippen LogP contribution in [0.1, 0.15) is 39.7 Å². The summed E-state index contributed by atoms with van der Waals surface area (Å²) in [5, 5.41) is 3.54. The molecule has 0 saturated carbocycles. The number of methoxy groups -OCH3 is 1. The van der Waals surface area contributed by atoms with Gasteiger partial charge in [0.15, 0.2) is 11.5 Å². The summed E-state index contributed by atoms with van der Waals surface area (Å²) in [7, 11) is 1.37. The number of anilines is 1. The van der Waals surface area contributed by atoms with E-state index in [-0.39, 0.29) is 25.2 Å². The molecule has 1 aliphatic carbocycles. The second kappa shape index (κ2) is 8.42. The molecule has 0 bridgehead atoms. The number of amides is 1. The van der Waals surface area contributed by atoms with Gasteiger partial charge in [0.05, 0.1) is 19.2 Å². The van der Waals surface area contributed by atoms with Crippen molar-refractivity contribution < 1.29 is 23.8 Å². The molecule has 1 aliphatic heterocycles. The summed E-state index contributed by atoms with van der Waals surface area (Å²) in [4.78, 5) is 28.2. The third kappa shape index (κ3) is 4.09. The molecule has 1 N–H and O–H groups in total. The van der Waals surface area contributed by atoms with Crippen LogP contribution in [0.25, 0.3) is 0 Å². The van der Waals surface area contributed by atoms with E-state index in [1.54, 1.807) is 0 Å². The molecule has 7 nitrogen and oxygen atoms in total. The molecule has 4 rings (SSSR count). The van der Waals surface area contributed by atoms with Gasteiger partial charge < -0.3 is 19.5 Å². The SMILES string of the molecule is CCN(CC(=O)Nc1sc2c(c1C(=O)OC)CCC2)Cc1ccc2c(c1)OCO2. The van der Waals surface area contributed by atoms with Crippen LogP contribution in [0.4, 0.5) is 5.00 Å². The maximum absolute atomic E-state index is 12.7. The molecule has 0 spiro atoms. The molecule has 0 unspecified atom stereocenters. The number of aryl methyl sites for hydroxylation is 1. The summed E-state index contributed by atoms with van der Waals surface area (Å²) >= 11 is 1.49. The molecule has 2 aliphatic rings. The highest BCUT2D eigenvalue weighted by Gasteiger charge is 2.28. The minimum atomic E-state index is -0.382. The first-order chi connectivity index (χ1) is 14.1. The third-order valence-electron chi connectivity index (χ3n) is 5.22. The summed E-state index contributed by atoms with van der Waals surface area (Å²) in [5.41, 5.74) is 2.61. The van der Waals surface area contributed by atoms with Gasteiger partial charge in [-0.3, -0.25) is 9.69 Å². The van der Waals surface area contributed by atoms with Crippen molar-refractivity contribution in [3.8, 4) is 11.5 Å². The van der Waals surface area contributed by atoms with Crippen LogP contribution < -0.4 is 14.8 Å². The standard InChI is InChI=1S/C21H24N2O5S/c1-3-23(10-13-7-8-15-16(9-13)28-12-27-15)11-18(24)22-20-19(21(25)26-2)14-5-4-6-17(14)29-20/h7-9H,3-6,10-12H2,1-2H3,(H,22,24). The van der Waals surface area contributed by atoms with Crippen molar-refractivity contribution in [1.82, 2.24) is 4.90 Å². The first kappa shape index (κ1) is 19.7. The third-order valence-corrected chi connectivity index (χ3v) is 6.43. The number of fused-ring (bicyclic) bond motifs is 2. The fourth-order valence-corrected chi connectivity index (χ4v) is 5.05. The highest BCUT2D eigenvalue weighted by atomic mass is 32.1. The Bertz CT molecular complexity index is 939. The Balaban J connectivity index is 1.43. The predicted molar refractivity (Wildman–Crippen MR) is 110 cm³/mol. The van der Waals surface area contributed by atoms with E-state index in [4.69, 9.17) is 14.2 Å². The first-order valence-corrected chi connectivity index (χ1v) is 10.5. The van der Waals surface area contributed by atoms with Crippen LogP contribution in [-0.2, 0) is 28.9 Å². The lowest BCUT2D eigenvalue weighted by Crippen LogP contribution is -2.32. The minimum Gasteiger partial charge on any atom is -0.465 e. The summed E-state index contributed by atoms with van der Waals surface area (Å²) < 4.78 is 15.7. The van der Waals surface area contributed by atoms with Crippen molar-refractivity contribution in [2.45, 2.75) is 32.7 Å². The normalized spacial score (nSPS) is 14.2. The molecular formula is C21H24N2O5S. The van der Waals surface area contributed by atoms with Gasteiger partial charge >= 0.3 is 5.97 Å². The topological polar surface area (TPSA) is 77.1 Å². The number of esters is 1. The second-order valence-corrected chi connectivity index (χ2v) is 8.20. The number of rotatable bonds is 7. The van der Waals surface area contributed by atoms with Crippen molar-refractivity contribution in [2.24, 2.45) is 0 Å². The zero-order valence-corrected chi connectivity index (χ0v) is 17.4. The van der Waals surface area contributed by atoms with E-state index in [1.807, 2.05) is 30.0 Å². The molecular weight excluding hydrogens is 392 g/mol. The lowest BCUT2D eigenvalue weighted by atomic mass is 10.1. The van der Waals surface area contributed by atoms with Gasteiger partial charge in [0.1, 0.15) is 5.00 Å². The van der Waals surface area contributed by atoms with Gasteiger partial charge in [-0.2, -0.15) is 0 Å². The first-order valence-electron chi connectivity index (χ1n) is 9.72. The molecule has 29 heavy (non-hydrogen) atoms. The zero-order valence-electron chi connectivity index (χ0n) is 16.6. The molecule has 0 fully saturated rings. The molecule has 8 heteroatoms. The number of thiophene rings is 1. The Morgan fingerprint density at radius 1 is 1.24 bits per heavy atom. The fraction of sp³-hybridized carbons (Fsp3) is 0.429. The summed E-state index contributed by atoms with van der Waals surface area (Å²) in [6.07, 6.45) is 2.85. The molecule has 1 aromatic carbocycles. The molecule has 0 atom stereocenters. The van der Waals surface area contributed by atoms with Crippen LogP contribution in [0.5, 0.6) is 11.5 Å². The van der Waals surface area contributed by atoms with Crippen LogP contribution in [-0.4, -0.2) is 43.8 Å². The molecule has 0 radical (unpaired) electrons. The zero-order chi connectivity index (χ0) is 20.4. The van der Waals surface area contributed by atoms with E-state index in [1.165, 1.54) is 23.3 Å². The van der Waals surface area contributed by atoms with Gasteiger partial charge in [-0.1, -0.05) is 13.0 Å². The van der Waals surface area contributed by atoms with Crippen LogP contribution in [0, 0.1) is 0 Å². The van der Waals surface area contributed by atoms with Crippen LogP contribution >= 0.6 is 11.3 Å². The van der Waals surface area contributed by atoms with E-state index < -0.39 is 0 Å². The highest BCUT2D eigenvalue weighted by molar-refractivity contribution is 7.17. The maximum atomic E-state index is 12.7. The van der Waals surface area contributed by atoms with Crippen molar-refractivity contribution in [3.05, 3.63) is 39.8 Å². The maximum Gasteiger partial charge on any atom is 0.341 e. The highest BCUT2D eigenvalue weighted by Crippen LogP contribution is 2.39. The average molecular weight is 416 g/mol. The Morgan fingerprint density at radius 2 is 2.07 bits per heavy atom. The molecule has 2 heterocycles. The summed E-state index contributed by atoms with van der Waals surface area (Å²) in [6.45, 7) is 3.82. The van der Waals surface area contributed by atoms with E-state index in [0.29, 0.717) is 23.7 Å². The van der Waals surface area contributed by atoms with Crippen molar-refractivity contribution in [1.29, 1.82) is 0 Å². The van der Waals surface area contributed by atoms with Gasteiger partial charge in [0.25, 0.3) is 0 Å². The van der Waals surface area contributed by atoms with E-state index in [2.05, 4.69) is 5.32 Å². The lowest BCUT2D eigenvalue weighted by Gasteiger charge is -2.20. The number of nitrogens with one attached hydrogen (secondary N) is 1. The quantitative estimate of drug-likeness (QED) is 0.699. The second-order valence-electron chi connectivity index (χ2n) is 7.09. The molecule has 0 saturated heterocycles. The van der Waals surface area contributed by atoms with E-state index in [9.17, 15) is 9.59 Å². The predicted octanol–water partition coefficient (Wildman–Crippen LogP) is 3.21. The minimum absolute atomic E-state index is 0.141. The monoisotopic (exact) mass is 416 g/mol. The fourth-order valence-electron chi connectivity index (χ4n) is 3.76. The van der Waals surface area contributed by atoms with Gasteiger partial charge in [0, 0.05) is 11.4 Å². The number of ether oxygens (including phenoxy) is 3. The van der Waals surface area contributed by atoms with Gasteiger partial charge in [0.2, 0.25) is 12.7 Å². The van der Waals surface area contributed by atoms with Crippen LogP contribution in [0.15, 0.2) is 18.2 Å². The van der Waals surface area contributed by atoms with Gasteiger partial charge in [-0.15, -0.1) is 11.3 Å². The summed E-state index contributed by atoms with van der Waals surface area (Å²) in [5.74, 6) is 0.958. The van der Waals surface area contributed by atoms with Crippen molar-refractivity contribution in [2.75, 3.05) is 32.3 Å². The van der Waals surface area contributed by atoms with Crippen LogP contribution in [0.3, 0.4) is 0 Å². The average Bonchev–Trinajstić information content (AvgIpc) is 3.42. The number of hydrogen-bond acceptors (Lipinski definition) is 7. The van der Waals surface area contributed by atoms with E-state index in [0.717, 1.165) is 41.9 Å². The summed E-state index contributed by atoms with van der Waals surface area (Å²) in [6, 6.07) is 5.82. The lowest BCUT2D eigenvalue weighted by molar-refractivity contribution is -0.117. The van der Waals surface area contributed by atoms with E-state index >= 15 is 0 Å². The largest absolute Gasteiger partial charge is 0.465 e. The molecule has 154 valence electrons. The van der Waals surface area contributed by atoms with Crippen molar-refractivity contribution >= 4 is 28.2 Å². The number of carbonyl (C=O) groups excluding carboxylic acids is 2. The number of likely N-dealkylation sites (N-methyl/N-ethyl adjacent to an activating group) is 1. The van der Waals surface area contributed by atoms with Crippen LogP contribution in [0.2, 0.25) is 0 Å². The van der Waals surface area contributed by atoms with Crippen molar-refractivity contribution in [3.63, 3.8) is 0 Å². The van der Waals surface area contributed by atoms with Gasteiger partial charge in [-0.25, -0.2) is 4.79 Å². The molecule has 1 aromatic heterocycles. The molecule has 1 amide bonds. The van der Waals surface area contributed by atoms with Gasteiger partial charge in [-0.05, 0) is 49.1 Å². The Hall–Kier alpha value is -2.58. The smallest absolute Gasteiger partial charge is 0.341 e. The number of nitrogens with zero attached hydrogens (tertiary/aromatic N) is 1. The Morgan fingerprint density at radius 3 is 2.86 bits per heavy atom. The number of hydrogen-bond donors (Lipinski definition) is 1. The Labute approximate surface area is 173 Å². The Kier molecular flexibility index (Phi) is 5.73. The number of carbonyl (C=O) groups is 2. The number of benzene rings is 1. The molecule has 2 aromatic rings.